The van der Waals surface area contributed by atoms with E-state index in [1.165, 1.54) is 11.6 Å². The Kier molecular flexibility index (Phi) is 5.05. The second-order valence-electron chi connectivity index (χ2n) is 5.78. The van der Waals surface area contributed by atoms with E-state index >= 15 is 0 Å². The van der Waals surface area contributed by atoms with E-state index in [-0.39, 0.29) is 0 Å². The molecule has 0 atom stereocenters. The van der Waals surface area contributed by atoms with Gasteiger partial charge in [-0.05, 0) is 55.5 Å². The van der Waals surface area contributed by atoms with Crippen LogP contribution in [-0.4, -0.2) is 12.8 Å². The van der Waals surface area contributed by atoms with Gasteiger partial charge in [0.05, 0.1) is 12.2 Å². The summed E-state index contributed by atoms with van der Waals surface area (Å²) < 4.78 is 5.93. The third-order valence-electron chi connectivity index (χ3n) is 3.89. The van der Waals surface area contributed by atoms with Crippen molar-refractivity contribution in [2.75, 3.05) is 11.4 Å². The van der Waals surface area contributed by atoms with Crippen LogP contribution in [0.2, 0.25) is 5.02 Å². The van der Waals surface area contributed by atoms with Gasteiger partial charge < -0.3 is 9.64 Å². The summed E-state index contributed by atoms with van der Waals surface area (Å²) in [7, 11) is 0. The van der Waals surface area contributed by atoms with Gasteiger partial charge >= 0.3 is 0 Å². The fourth-order valence-electron chi connectivity index (χ4n) is 2.67. The number of aldehydes is 1. The normalized spacial score (nSPS) is 14.8. The molecule has 25 heavy (non-hydrogen) atoms. The van der Waals surface area contributed by atoms with Gasteiger partial charge in [0.1, 0.15) is 12.0 Å². The molecule has 3 rings (SSSR count). The van der Waals surface area contributed by atoms with E-state index in [0.29, 0.717) is 23.1 Å². The number of carbonyl (C=O) groups is 1. The monoisotopic (exact) mass is 351 g/mol. The minimum atomic E-state index is 0.513. The Morgan fingerprint density at radius 2 is 1.80 bits per heavy atom. The molecule has 0 saturated heterocycles. The Bertz CT molecular complexity index is 848. The molecule has 0 N–H and O–H groups in total. The Morgan fingerprint density at radius 1 is 1.12 bits per heavy atom. The molecule has 0 saturated carbocycles. The first-order valence-corrected chi connectivity index (χ1v) is 8.28. The van der Waals surface area contributed by atoms with Crippen molar-refractivity contribution >= 4 is 29.3 Å². The first-order valence-electron chi connectivity index (χ1n) is 7.90. The predicted octanol–water partition coefficient (Wildman–Crippen LogP) is 5.12. The Morgan fingerprint density at radius 3 is 2.44 bits per heavy atom. The highest BCUT2D eigenvalue weighted by molar-refractivity contribution is 6.30. The Hall–Kier alpha value is -2.78. The standard InChI is InChI=1S/C21H18ClNO2/c1-15-5-11-19(12-6-15)23-14-16(2)25-21(20(23)4-3-13-24)17-7-9-18(22)10-8-17/h3-13H,2,14H2,1H3/b4-3+. The molecule has 0 bridgehead atoms. The van der Waals surface area contributed by atoms with Crippen molar-refractivity contribution in [1.29, 1.82) is 0 Å². The second kappa shape index (κ2) is 7.41. The number of carbonyl (C=O) groups excluding carboxylic acids is 1. The average Bonchev–Trinajstić information content (AvgIpc) is 2.61. The number of allylic oxidation sites excluding steroid dienone is 2. The second-order valence-corrected chi connectivity index (χ2v) is 6.22. The highest BCUT2D eigenvalue weighted by Gasteiger charge is 2.24. The molecule has 3 nitrogen and oxygen atoms in total. The van der Waals surface area contributed by atoms with Gasteiger partial charge in [0.2, 0.25) is 0 Å². The lowest BCUT2D eigenvalue weighted by molar-refractivity contribution is -0.104. The van der Waals surface area contributed by atoms with Gasteiger partial charge in [-0.3, -0.25) is 4.79 Å². The SMILES string of the molecule is C=C1CN(c2ccc(C)cc2)C(/C=C/C=O)=C(c2ccc(Cl)cc2)O1. The quantitative estimate of drug-likeness (QED) is 0.565. The topological polar surface area (TPSA) is 29.5 Å². The zero-order valence-electron chi connectivity index (χ0n) is 13.9. The van der Waals surface area contributed by atoms with Crippen LogP contribution in [0.4, 0.5) is 5.69 Å². The molecule has 0 aliphatic carbocycles. The summed E-state index contributed by atoms with van der Waals surface area (Å²) in [5, 5.41) is 0.652. The van der Waals surface area contributed by atoms with Gasteiger partial charge in [0.25, 0.3) is 0 Å². The van der Waals surface area contributed by atoms with Crippen LogP contribution in [-0.2, 0) is 9.53 Å². The maximum atomic E-state index is 10.9. The maximum Gasteiger partial charge on any atom is 0.157 e. The minimum absolute atomic E-state index is 0.513. The molecule has 0 fully saturated rings. The van der Waals surface area contributed by atoms with E-state index in [2.05, 4.69) is 23.6 Å². The van der Waals surface area contributed by atoms with Crippen LogP contribution in [0.1, 0.15) is 11.1 Å². The summed E-state index contributed by atoms with van der Waals surface area (Å²) >= 11 is 5.99. The van der Waals surface area contributed by atoms with Gasteiger partial charge in [-0.15, -0.1) is 0 Å². The molecule has 0 aromatic heterocycles. The van der Waals surface area contributed by atoms with Gasteiger partial charge in [-0.2, -0.15) is 0 Å². The molecule has 1 aliphatic rings. The molecule has 1 aliphatic heterocycles. The molecular weight excluding hydrogens is 334 g/mol. The summed E-state index contributed by atoms with van der Waals surface area (Å²) in [6, 6.07) is 15.6. The van der Waals surface area contributed by atoms with Crippen LogP contribution >= 0.6 is 11.6 Å². The Labute approximate surface area is 152 Å². The van der Waals surface area contributed by atoms with Gasteiger partial charge in [0.15, 0.2) is 5.76 Å². The number of hydrogen-bond acceptors (Lipinski definition) is 3. The number of aryl methyl sites for hydroxylation is 1. The lowest BCUT2D eigenvalue weighted by Gasteiger charge is -2.33. The molecule has 0 unspecified atom stereocenters. The zero-order chi connectivity index (χ0) is 17.8. The molecule has 126 valence electrons. The molecular formula is C21H18ClNO2. The maximum absolute atomic E-state index is 10.9. The van der Waals surface area contributed by atoms with Crippen LogP contribution in [0, 0.1) is 6.92 Å². The summed E-state index contributed by atoms with van der Waals surface area (Å²) in [5.41, 5.74) is 3.85. The fourth-order valence-corrected chi connectivity index (χ4v) is 2.80. The van der Waals surface area contributed by atoms with Crippen LogP contribution in [0.5, 0.6) is 0 Å². The molecule has 0 radical (unpaired) electrons. The van der Waals surface area contributed by atoms with E-state index < -0.39 is 0 Å². The first-order chi connectivity index (χ1) is 12.1. The summed E-state index contributed by atoms with van der Waals surface area (Å²) in [4.78, 5) is 13.0. The van der Waals surface area contributed by atoms with Crippen LogP contribution in [0.3, 0.4) is 0 Å². The third kappa shape index (κ3) is 3.83. The number of hydrogen-bond donors (Lipinski definition) is 0. The van der Waals surface area contributed by atoms with Crippen LogP contribution < -0.4 is 4.90 Å². The minimum Gasteiger partial charge on any atom is -0.458 e. The van der Waals surface area contributed by atoms with E-state index in [4.69, 9.17) is 16.3 Å². The van der Waals surface area contributed by atoms with Crippen molar-refractivity contribution < 1.29 is 9.53 Å². The van der Waals surface area contributed by atoms with Crippen molar-refractivity contribution in [3.8, 4) is 0 Å². The number of ether oxygens (including phenoxy) is 1. The van der Waals surface area contributed by atoms with Gasteiger partial charge in [0, 0.05) is 16.3 Å². The molecule has 2 aromatic rings. The number of benzene rings is 2. The highest BCUT2D eigenvalue weighted by atomic mass is 35.5. The largest absolute Gasteiger partial charge is 0.458 e. The van der Waals surface area contributed by atoms with Crippen molar-refractivity contribution in [2.45, 2.75) is 6.92 Å². The number of rotatable bonds is 4. The third-order valence-corrected chi connectivity index (χ3v) is 4.14. The van der Waals surface area contributed by atoms with Crippen molar-refractivity contribution in [1.82, 2.24) is 0 Å². The average molecular weight is 352 g/mol. The predicted molar refractivity (Wildman–Crippen MR) is 102 cm³/mol. The van der Waals surface area contributed by atoms with E-state index in [9.17, 15) is 4.79 Å². The fraction of sp³-hybridized carbons (Fsp3) is 0.0952. The highest BCUT2D eigenvalue weighted by Crippen LogP contribution is 2.34. The van der Waals surface area contributed by atoms with Gasteiger partial charge in [-0.1, -0.05) is 35.9 Å². The van der Waals surface area contributed by atoms with E-state index in [1.807, 2.05) is 43.3 Å². The van der Waals surface area contributed by atoms with Crippen LogP contribution in [0.25, 0.3) is 5.76 Å². The smallest absolute Gasteiger partial charge is 0.157 e. The summed E-state index contributed by atoms with van der Waals surface area (Å²) in [6.07, 6.45) is 3.97. The summed E-state index contributed by atoms with van der Waals surface area (Å²) in [6.45, 7) is 6.56. The van der Waals surface area contributed by atoms with Crippen molar-refractivity contribution in [3.05, 3.63) is 94.9 Å². The number of nitrogens with zero attached hydrogens (tertiary/aromatic N) is 1. The molecule has 2 aromatic carbocycles. The molecule has 0 spiro atoms. The molecule has 4 heteroatoms. The first kappa shape index (κ1) is 17.1. The molecule has 1 heterocycles. The molecule has 0 amide bonds. The lowest BCUT2D eigenvalue weighted by atomic mass is 10.1. The summed E-state index contributed by atoms with van der Waals surface area (Å²) in [5.74, 6) is 1.28. The zero-order valence-corrected chi connectivity index (χ0v) is 14.7. The van der Waals surface area contributed by atoms with Gasteiger partial charge in [-0.25, -0.2) is 0 Å². The van der Waals surface area contributed by atoms with Crippen molar-refractivity contribution in [3.63, 3.8) is 0 Å². The van der Waals surface area contributed by atoms with Crippen LogP contribution in [0.15, 0.2) is 78.7 Å². The van der Waals surface area contributed by atoms with E-state index in [1.54, 1.807) is 6.08 Å². The number of halogens is 1. The van der Waals surface area contributed by atoms with E-state index in [0.717, 1.165) is 23.2 Å². The lowest BCUT2D eigenvalue weighted by Crippen LogP contribution is -2.30. The Balaban J connectivity index is 2.15. The number of anilines is 1. The van der Waals surface area contributed by atoms with Crippen molar-refractivity contribution in [2.24, 2.45) is 0 Å².